The molecule has 1 aliphatic carbocycles. The van der Waals surface area contributed by atoms with Crippen molar-refractivity contribution in [1.82, 2.24) is 14.5 Å². The molecule has 0 bridgehead atoms. The Morgan fingerprint density at radius 2 is 2.17 bits per heavy atom. The fraction of sp³-hybridized carbons (Fsp3) is 0.500. The number of nitrogens with zero attached hydrogens (tertiary/aromatic N) is 4. The van der Waals surface area contributed by atoms with Gasteiger partial charge in [0.1, 0.15) is 11.3 Å². The van der Waals surface area contributed by atoms with Crippen LogP contribution < -0.4 is 9.64 Å². The smallest absolute Gasteiger partial charge is 0.231 e. The van der Waals surface area contributed by atoms with Crippen LogP contribution in [0.2, 0.25) is 0 Å². The van der Waals surface area contributed by atoms with Gasteiger partial charge in [0.15, 0.2) is 5.13 Å². The highest BCUT2D eigenvalue weighted by Gasteiger charge is 2.28. The van der Waals surface area contributed by atoms with Crippen LogP contribution in [0.15, 0.2) is 36.9 Å². The lowest BCUT2D eigenvalue weighted by molar-refractivity contribution is -0.123. The van der Waals surface area contributed by atoms with Gasteiger partial charge in [-0.25, -0.2) is 9.97 Å². The van der Waals surface area contributed by atoms with E-state index in [0.717, 1.165) is 59.7 Å². The van der Waals surface area contributed by atoms with E-state index in [-0.39, 0.29) is 11.8 Å². The standard InChI is InChI=1S/C22H28N4O2S/c1-2-28-18-10-6-11-19-20(18)24-22(29-19)26(14-7-13-25-15-12-23-16-25)21(27)17-8-4-3-5-9-17/h6,10-12,15-17H,2-5,7-9,13-14H2,1H3. The maximum atomic E-state index is 13.4. The van der Waals surface area contributed by atoms with Crippen molar-refractivity contribution in [1.29, 1.82) is 0 Å². The quantitative estimate of drug-likeness (QED) is 0.528. The number of amides is 1. The van der Waals surface area contributed by atoms with Crippen LogP contribution in [0.25, 0.3) is 10.2 Å². The zero-order valence-electron chi connectivity index (χ0n) is 16.9. The van der Waals surface area contributed by atoms with Crippen molar-refractivity contribution in [3.8, 4) is 5.75 Å². The Balaban J connectivity index is 1.58. The molecular weight excluding hydrogens is 384 g/mol. The Hall–Kier alpha value is -2.41. The number of imidazole rings is 1. The minimum Gasteiger partial charge on any atom is -0.492 e. The van der Waals surface area contributed by atoms with E-state index in [4.69, 9.17) is 9.72 Å². The summed E-state index contributed by atoms with van der Waals surface area (Å²) in [5.74, 6) is 1.14. The molecule has 0 saturated heterocycles. The Morgan fingerprint density at radius 1 is 1.31 bits per heavy atom. The number of para-hydroxylation sites is 1. The first-order valence-electron chi connectivity index (χ1n) is 10.6. The molecule has 3 aromatic rings. The fourth-order valence-corrected chi connectivity index (χ4v) is 5.01. The van der Waals surface area contributed by atoms with Crippen molar-refractivity contribution in [2.45, 2.75) is 52.0 Å². The third kappa shape index (κ3) is 4.61. The molecule has 1 fully saturated rings. The van der Waals surface area contributed by atoms with Crippen molar-refractivity contribution in [2.24, 2.45) is 5.92 Å². The number of carbonyl (C=O) groups is 1. The van der Waals surface area contributed by atoms with Gasteiger partial charge in [-0.05, 0) is 38.3 Å². The maximum absolute atomic E-state index is 13.4. The molecule has 2 heterocycles. The highest BCUT2D eigenvalue weighted by molar-refractivity contribution is 7.22. The second kappa shape index (κ2) is 9.39. The summed E-state index contributed by atoms with van der Waals surface area (Å²) in [5, 5.41) is 0.786. The summed E-state index contributed by atoms with van der Waals surface area (Å²) in [6.45, 7) is 4.07. The number of aromatic nitrogens is 3. The van der Waals surface area contributed by atoms with Crippen LogP contribution in [0, 0.1) is 5.92 Å². The second-order valence-electron chi connectivity index (χ2n) is 7.51. The van der Waals surface area contributed by atoms with Gasteiger partial charge in [-0.15, -0.1) is 0 Å². The van der Waals surface area contributed by atoms with Crippen LogP contribution in [0.5, 0.6) is 5.75 Å². The number of thiazole rings is 1. The number of aryl methyl sites for hydroxylation is 1. The predicted octanol–water partition coefficient (Wildman–Crippen LogP) is 4.90. The molecule has 1 amide bonds. The van der Waals surface area contributed by atoms with Crippen LogP contribution in [0.4, 0.5) is 5.13 Å². The van der Waals surface area contributed by atoms with Gasteiger partial charge in [-0.3, -0.25) is 9.69 Å². The molecule has 0 spiro atoms. The fourth-order valence-electron chi connectivity index (χ4n) is 4.00. The largest absolute Gasteiger partial charge is 0.492 e. The molecule has 4 rings (SSSR count). The number of benzene rings is 1. The van der Waals surface area contributed by atoms with E-state index in [0.29, 0.717) is 13.2 Å². The molecule has 0 unspecified atom stereocenters. The van der Waals surface area contributed by atoms with Gasteiger partial charge in [-0.1, -0.05) is 36.7 Å². The van der Waals surface area contributed by atoms with Crippen molar-refractivity contribution in [2.75, 3.05) is 18.1 Å². The Morgan fingerprint density at radius 3 is 2.93 bits per heavy atom. The minimum absolute atomic E-state index is 0.121. The monoisotopic (exact) mass is 412 g/mol. The first-order valence-corrected chi connectivity index (χ1v) is 11.4. The van der Waals surface area contributed by atoms with E-state index >= 15 is 0 Å². The number of carbonyl (C=O) groups excluding carboxylic acids is 1. The van der Waals surface area contributed by atoms with Crippen LogP contribution in [-0.4, -0.2) is 33.6 Å². The summed E-state index contributed by atoms with van der Waals surface area (Å²) in [6, 6.07) is 5.98. The van der Waals surface area contributed by atoms with Crippen LogP contribution in [-0.2, 0) is 11.3 Å². The Labute approximate surface area is 175 Å². The highest BCUT2D eigenvalue weighted by atomic mass is 32.1. The van der Waals surface area contributed by atoms with Gasteiger partial charge in [0, 0.05) is 31.4 Å². The van der Waals surface area contributed by atoms with Crippen molar-refractivity contribution in [3.05, 3.63) is 36.9 Å². The number of hydrogen-bond acceptors (Lipinski definition) is 5. The zero-order chi connectivity index (χ0) is 20.1. The van der Waals surface area contributed by atoms with E-state index in [9.17, 15) is 4.79 Å². The van der Waals surface area contributed by atoms with E-state index < -0.39 is 0 Å². The number of ether oxygens (including phenoxy) is 1. The number of anilines is 1. The van der Waals surface area contributed by atoms with Crippen molar-refractivity contribution >= 4 is 32.6 Å². The van der Waals surface area contributed by atoms with Gasteiger partial charge < -0.3 is 9.30 Å². The number of hydrogen-bond donors (Lipinski definition) is 0. The summed E-state index contributed by atoms with van der Waals surface area (Å²) in [5.41, 5.74) is 0.852. The van der Waals surface area contributed by atoms with Gasteiger partial charge in [0.25, 0.3) is 0 Å². The van der Waals surface area contributed by atoms with E-state index in [2.05, 4.69) is 9.55 Å². The molecule has 0 radical (unpaired) electrons. The van der Waals surface area contributed by atoms with Crippen LogP contribution in [0.1, 0.15) is 45.4 Å². The molecular formula is C22H28N4O2S. The number of rotatable bonds is 8. The molecule has 1 aromatic carbocycles. The lowest BCUT2D eigenvalue weighted by atomic mass is 9.88. The highest BCUT2D eigenvalue weighted by Crippen LogP contribution is 2.36. The molecule has 154 valence electrons. The molecule has 0 aliphatic heterocycles. The summed E-state index contributed by atoms with van der Waals surface area (Å²) in [7, 11) is 0. The van der Waals surface area contributed by atoms with Crippen molar-refractivity contribution in [3.63, 3.8) is 0 Å². The van der Waals surface area contributed by atoms with Gasteiger partial charge >= 0.3 is 0 Å². The van der Waals surface area contributed by atoms with Gasteiger partial charge in [0.2, 0.25) is 5.91 Å². The van der Waals surface area contributed by atoms with Gasteiger partial charge in [0.05, 0.1) is 17.6 Å². The molecule has 1 saturated carbocycles. The molecule has 0 atom stereocenters. The molecule has 2 aromatic heterocycles. The van der Waals surface area contributed by atoms with Crippen LogP contribution in [0.3, 0.4) is 0 Å². The zero-order valence-corrected chi connectivity index (χ0v) is 17.7. The van der Waals surface area contributed by atoms with Crippen molar-refractivity contribution < 1.29 is 9.53 Å². The second-order valence-corrected chi connectivity index (χ2v) is 8.52. The summed E-state index contributed by atoms with van der Waals surface area (Å²) < 4.78 is 8.86. The maximum Gasteiger partial charge on any atom is 0.231 e. The lowest BCUT2D eigenvalue weighted by Crippen LogP contribution is -2.38. The first kappa shape index (κ1) is 19.9. The number of fused-ring (bicyclic) bond motifs is 1. The molecule has 7 heteroatoms. The third-order valence-corrected chi connectivity index (χ3v) is 6.52. The lowest BCUT2D eigenvalue weighted by Gasteiger charge is -2.27. The predicted molar refractivity (Wildman–Crippen MR) is 117 cm³/mol. The summed E-state index contributed by atoms with van der Waals surface area (Å²) in [4.78, 5) is 24.3. The molecule has 1 aliphatic rings. The Bertz CT molecular complexity index is 932. The first-order chi connectivity index (χ1) is 14.3. The molecule has 6 nitrogen and oxygen atoms in total. The SMILES string of the molecule is CCOc1cccc2sc(N(CCCn3ccnc3)C(=O)C3CCCCC3)nc12. The third-order valence-electron chi connectivity index (χ3n) is 5.48. The summed E-state index contributed by atoms with van der Waals surface area (Å²) in [6.07, 6.45) is 11.9. The molecule has 29 heavy (non-hydrogen) atoms. The van der Waals surface area contributed by atoms with Gasteiger partial charge in [-0.2, -0.15) is 0 Å². The molecule has 0 N–H and O–H groups in total. The summed E-state index contributed by atoms with van der Waals surface area (Å²) >= 11 is 1.58. The van der Waals surface area contributed by atoms with Crippen LogP contribution >= 0.6 is 11.3 Å². The Kier molecular flexibility index (Phi) is 6.44. The van der Waals surface area contributed by atoms with E-state index in [1.807, 2.05) is 42.5 Å². The van der Waals surface area contributed by atoms with E-state index in [1.165, 1.54) is 6.42 Å². The topological polar surface area (TPSA) is 60.2 Å². The van der Waals surface area contributed by atoms with E-state index in [1.54, 1.807) is 17.5 Å². The average molecular weight is 413 g/mol. The normalized spacial score (nSPS) is 14.9. The minimum atomic E-state index is 0.121. The average Bonchev–Trinajstić information content (AvgIpc) is 3.42.